The van der Waals surface area contributed by atoms with Crippen molar-refractivity contribution >= 4 is 24.0 Å². The van der Waals surface area contributed by atoms with Gasteiger partial charge >= 0.3 is 12.1 Å². The Morgan fingerprint density at radius 3 is 1.94 bits per heavy atom. The van der Waals surface area contributed by atoms with Crippen LogP contribution in [0.3, 0.4) is 0 Å². The fourth-order valence-electron chi connectivity index (χ4n) is 4.56. The van der Waals surface area contributed by atoms with Gasteiger partial charge in [0.15, 0.2) is 0 Å². The van der Waals surface area contributed by atoms with Crippen LogP contribution in [0.4, 0.5) is 10.5 Å². The van der Waals surface area contributed by atoms with Crippen molar-refractivity contribution in [3.63, 3.8) is 0 Å². The summed E-state index contributed by atoms with van der Waals surface area (Å²) in [5.41, 5.74) is 4.71. The zero-order valence-electron chi connectivity index (χ0n) is 31.7. The predicted molar refractivity (Wildman–Crippen MR) is 197 cm³/mol. The maximum Gasteiger partial charge on any atom is 0.414 e. The molecule has 0 fully saturated rings. The lowest BCUT2D eigenvalue weighted by atomic mass is 9.97. The molecule has 47 heavy (non-hydrogen) atoms. The molecule has 0 atom stereocenters. The molecule has 0 bridgehead atoms. The smallest absolute Gasteiger partial charge is 0.414 e. The Kier molecular flexibility index (Phi) is 30.6. The number of hydrogen-bond acceptors (Lipinski definition) is 6. The quantitative estimate of drug-likeness (QED) is 0.136. The number of nitrogens with zero attached hydrogens (tertiary/aromatic N) is 1. The molecule has 0 heterocycles. The van der Waals surface area contributed by atoms with Gasteiger partial charge in [-0.2, -0.15) is 0 Å². The Balaban J connectivity index is -0.00000224. The second-order valence-electron chi connectivity index (χ2n) is 11.1. The summed E-state index contributed by atoms with van der Waals surface area (Å²) >= 11 is 0. The fourth-order valence-corrected chi connectivity index (χ4v) is 4.56. The number of carboxylic acids is 1. The molecule has 2 aromatic carbocycles. The molecule has 0 radical (unpaired) electrons. The molecule has 0 unspecified atom stereocenters. The van der Waals surface area contributed by atoms with E-state index >= 15 is 0 Å². The number of ether oxygens (including phenoxy) is 2. The van der Waals surface area contributed by atoms with Gasteiger partial charge in [0.05, 0.1) is 6.61 Å². The number of carbonyl (C=O) groups is 3. The largest absolute Gasteiger partial charge is 0.493 e. The highest BCUT2D eigenvalue weighted by Crippen LogP contribution is 2.27. The molecular formula is C39H67NO7. The number of aliphatic hydroxyl groups excluding tert-OH is 1. The lowest BCUT2D eigenvalue weighted by Crippen LogP contribution is -2.37. The molecule has 0 aliphatic heterocycles. The van der Waals surface area contributed by atoms with Crippen molar-refractivity contribution in [3.8, 4) is 5.75 Å². The Bertz CT molecular complexity index is 1070. The van der Waals surface area contributed by atoms with Crippen molar-refractivity contribution in [1.82, 2.24) is 0 Å². The van der Waals surface area contributed by atoms with Gasteiger partial charge in [-0.25, -0.2) is 4.79 Å². The standard InChI is InChI=1S/C32H45NO6.3C2H6.CH4O/c1-24-21-25(2)23-27(22-24)33(31(37)39-32(3,4)5)18-9-7-6-8-13-26-14-10-16-29(28(26)15-11-19-34)38-20-12-17-30(35)36;4*1-2/h10,14,16,19,21-23H,6-9,11-13,15,17-18,20H2,1-5H3,(H,35,36);3*1-2H3;2H,1H3. The number of carboxylic acid groups (broad SMARTS) is 1. The zero-order valence-corrected chi connectivity index (χ0v) is 31.7. The number of anilines is 1. The number of amides is 1. The number of aliphatic carboxylic acids is 1. The van der Waals surface area contributed by atoms with Crippen LogP contribution in [0.25, 0.3) is 0 Å². The molecular weight excluding hydrogens is 594 g/mol. The van der Waals surface area contributed by atoms with E-state index in [4.69, 9.17) is 19.7 Å². The topological polar surface area (TPSA) is 113 Å². The van der Waals surface area contributed by atoms with Gasteiger partial charge in [0, 0.05) is 32.2 Å². The van der Waals surface area contributed by atoms with Gasteiger partial charge in [-0.15, -0.1) is 0 Å². The van der Waals surface area contributed by atoms with E-state index in [1.165, 1.54) is 5.56 Å². The third-order valence-electron chi connectivity index (χ3n) is 6.24. The van der Waals surface area contributed by atoms with Gasteiger partial charge in [-0.3, -0.25) is 9.69 Å². The van der Waals surface area contributed by atoms with Crippen LogP contribution in [0.15, 0.2) is 36.4 Å². The van der Waals surface area contributed by atoms with Crippen LogP contribution in [0, 0.1) is 13.8 Å². The van der Waals surface area contributed by atoms with Gasteiger partial charge in [-0.05, 0) is 107 Å². The first-order valence-corrected chi connectivity index (χ1v) is 17.4. The molecule has 2 aromatic rings. The van der Waals surface area contributed by atoms with Gasteiger partial charge in [0.1, 0.15) is 17.6 Å². The van der Waals surface area contributed by atoms with Gasteiger partial charge in [0.25, 0.3) is 0 Å². The van der Waals surface area contributed by atoms with Gasteiger partial charge < -0.3 is 24.5 Å². The minimum absolute atomic E-state index is 0.0677. The number of hydrogen-bond donors (Lipinski definition) is 2. The molecule has 2 N–H and O–H groups in total. The molecule has 1 amide bonds. The summed E-state index contributed by atoms with van der Waals surface area (Å²) in [4.78, 5) is 36.6. The second kappa shape index (κ2) is 30.0. The van der Waals surface area contributed by atoms with Crippen molar-refractivity contribution in [1.29, 1.82) is 0 Å². The molecule has 2 rings (SSSR count). The van der Waals surface area contributed by atoms with Crippen LogP contribution in [-0.4, -0.2) is 54.4 Å². The molecule has 8 nitrogen and oxygen atoms in total. The first-order valence-electron chi connectivity index (χ1n) is 17.4. The summed E-state index contributed by atoms with van der Waals surface area (Å²) in [6.07, 6.45) is 6.80. The minimum atomic E-state index is -0.836. The molecule has 0 aliphatic rings. The highest BCUT2D eigenvalue weighted by Gasteiger charge is 2.23. The van der Waals surface area contributed by atoms with E-state index in [0.29, 0.717) is 32.4 Å². The molecule has 0 aliphatic carbocycles. The maximum absolute atomic E-state index is 13.0. The lowest BCUT2D eigenvalue weighted by Gasteiger charge is -2.28. The van der Waals surface area contributed by atoms with Gasteiger partial charge in [0.2, 0.25) is 0 Å². The fraction of sp³-hybridized carbons (Fsp3) is 0.615. The third kappa shape index (κ3) is 22.7. The molecule has 0 saturated heterocycles. The number of rotatable bonds is 16. The number of aryl methyl sites for hydroxylation is 3. The normalized spacial score (nSPS) is 9.81. The first kappa shape index (κ1) is 48.0. The predicted octanol–water partition coefficient (Wildman–Crippen LogP) is 9.91. The van der Waals surface area contributed by atoms with Gasteiger partial charge in [-0.1, -0.05) is 72.6 Å². The summed E-state index contributed by atoms with van der Waals surface area (Å²) in [5.74, 6) is -0.0991. The second-order valence-corrected chi connectivity index (χ2v) is 11.1. The summed E-state index contributed by atoms with van der Waals surface area (Å²) in [7, 11) is 1.00. The van der Waals surface area contributed by atoms with E-state index in [9.17, 15) is 14.4 Å². The van der Waals surface area contributed by atoms with Crippen molar-refractivity contribution < 1.29 is 34.1 Å². The number of aliphatic hydroxyl groups is 1. The maximum atomic E-state index is 13.0. The molecule has 0 spiro atoms. The van der Waals surface area contributed by atoms with Crippen LogP contribution in [0.2, 0.25) is 0 Å². The van der Waals surface area contributed by atoms with Crippen molar-refractivity contribution in [2.24, 2.45) is 0 Å². The summed E-state index contributed by atoms with van der Waals surface area (Å²) in [6.45, 7) is 22.6. The SMILES string of the molecule is CC.CC.CC.CO.Cc1cc(C)cc(N(CCCCCCc2cccc(OCCCC(=O)O)c2CCC=O)C(=O)OC(C)(C)C)c1. The number of unbranched alkanes of at least 4 members (excludes halogenated alkanes) is 3. The Morgan fingerprint density at radius 2 is 1.40 bits per heavy atom. The monoisotopic (exact) mass is 661 g/mol. The Hall–Kier alpha value is -3.39. The molecule has 0 aromatic heterocycles. The van der Waals surface area contributed by atoms with E-state index in [-0.39, 0.29) is 12.5 Å². The summed E-state index contributed by atoms with van der Waals surface area (Å²) < 4.78 is 11.6. The number of benzene rings is 2. The summed E-state index contributed by atoms with van der Waals surface area (Å²) in [5, 5.41) is 15.8. The highest BCUT2D eigenvalue weighted by molar-refractivity contribution is 5.88. The molecule has 270 valence electrons. The van der Waals surface area contributed by atoms with E-state index in [0.717, 1.165) is 73.6 Å². The van der Waals surface area contributed by atoms with E-state index in [2.05, 4.69) is 12.1 Å². The minimum Gasteiger partial charge on any atom is -0.493 e. The van der Waals surface area contributed by atoms with E-state index < -0.39 is 11.6 Å². The van der Waals surface area contributed by atoms with Crippen LogP contribution in [0.5, 0.6) is 5.75 Å². The Morgan fingerprint density at radius 1 is 0.830 bits per heavy atom. The first-order chi connectivity index (χ1) is 22.5. The van der Waals surface area contributed by atoms with Crippen molar-refractivity contribution in [2.75, 3.05) is 25.2 Å². The van der Waals surface area contributed by atoms with Crippen LogP contribution in [0.1, 0.15) is 130 Å². The van der Waals surface area contributed by atoms with Crippen LogP contribution < -0.4 is 9.64 Å². The Labute approximate surface area is 286 Å². The van der Waals surface area contributed by atoms with Crippen LogP contribution in [-0.2, 0) is 27.2 Å². The average Bonchev–Trinajstić information content (AvgIpc) is 3.04. The van der Waals surface area contributed by atoms with Crippen molar-refractivity contribution in [2.45, 2.75) is 140 Å². The number of carbonyl (C=O) groups excluding carboxylic acids is 2. The average molecular weight is 662 g/mol. The van der Waals surface area contributed by atoms with Crippen molar-refractivity contribution in [3.05, 3.63) is 58.7 Å². The third-order valence-corrected chi connectivity index (χ3v) is 6.24. The summed E-state index contributed by atoms with van der Waals surface area (Å²) in [6, 6.07) is 12.1. The number of aldehydes is 1. The zero-order chi connectivity index (χ0) is 36.8. The highest BCUT2D eigenvalue weighted by atomic mass is 16.6. The van der Waals surface area contributed by atoms with Crippen LogP contribution >= 0.6 is 0 Å². The molecule has 0 saturated carbocycles. The van der Waals surface area contributed by atoms with E-state index in [1.807, 2.05) is 100 Å². The lowest BCUT2D eigenvalue weighted by molar-refractivity contribution is -0.137. The van der Waals surface area contributed by atoms with E-state index in [1.54, 1.807) is 4.90 Å². The molecule has 8 heteroatoms.